The first-order valence-corrected chi connectivity index (χ1v) is 10.8. The summed E-state index contributed by atoms with van der Waals surface area (Å²) in [6.45, 7) is 8.44. The number of aliphatic hydroxyl groups excluding tert-OH is 1. The monoisotopic (exact) mass is 424 g/mol. The molecule has 1 aromatic carbocycles. The number of aliphatic hydroxyl groups is 1. The van der Waals surface area contributed by atoms with Crippen LogP contribution >= 0.6 is 0 Å². The standard InChI is InChI=1S/C22H28N6O3/c1-14-11-28(12-15(2)31-14)22-25-20-18(21(26-22)27-7-9-30-10-8-27)23-19(24-20)17-6-4-3-5-16(17)13-29/h3-6,14-15,29H,7-13H2,1-2H3,(H,23,24,25,26)/t14-,15+. The number of rotatable bonds is 4. The average molecular weight is 425 g/mol. The summed E-state index contributed by atoms with van der Waals surface area (Å²) in [5, 5.41) is 9.77. The van der Waals surface area contributed by atoms with Crippen LogP contribution in [0.4, 0.5) is 11.8 Å². The molecular formula is C22H28N6O3. The number of morpholine rings is 2. The van der Waals surface area contributed by atoms with Crippen molar-refractivity contribution < 1.29 is 14.6 Å². The number of aromatic nitrogens is 4. The molecule has 0 spiro atoms. The Kier molecular flexibility index (Phi) is 5.47. The van der Waals surface area contributed by atoms with Crippen LogP contribution in [0, 0.1) is 0 Å². The first-order valence-electron chi connectivity index (χ1n) is 10.8. The highest BCUT2D eigenvalue weighted by Gasteiger charge is 2.27. The van der Waals surface area contributed by atoms with E-state index in [4.69, 9.17) is 24.4 Å². The zero-order chi connectivity index (χ0) is 21.4. The number of hydrogen-bond donors (Lipinski definition) is 2. The first-order chi connectivity index (χ1) is 15.1. The van der Waals surface area contributed by atoms with Crippen LogP contribution < -0.4 is 9.80 Å². The first kappa shape index (κ1) is 20.2. The van der Waals surface area contributed by atoms with Crippen LogP contribution in [0.1, 0.15) is 19.4 Å². The zero-order valence-electron chi connectivity index (χ0n) is 17.9. The number of ether oxygens (including phenoxy) is 2. The molecule has 2 atom stereocenters. The van der Waals surface area contributed by atoms with Crippen LogP contribution in [0.5, 0.6) is 0 Å². The molecule has 4 heterocycles. The van der Waals surface area contributed by atoms with Crippen molar-refractivity contribution in [3.63, 3.8) is 0 Å². The van der Waals surface area contributed by atoms with Gasteiger partial charge in [-0.15, -0.1) is 0 Å². The van der Waals surface area contributed by atoms with Crippen molar-refractivity contribution in [3.05, 3.63) is 29.8 Å². The van der Waals surface area contributed by atoms with E-state index in [2.05, 4.69) is 28.6 Å². The summed E-state index contributed by atoms with van der Waals surface area (Å²) in [5.74, 6) is 2.20. The van der Waals surface area contributed by atoms with Crippen molar-refractivity contribution in [1.82, 2.24) is 19.9 Å². The fourth-order valence-corrected chi connectivity index (χ4v) is 4.37. The van der Waals surface area contributed by atoms with Gasteiger partial charge in [0.05, 0.1) is 32.0 Å². The topological polar surface area (TPSA) is 99.6 Å². The predicted octanol–water partition coefficient (Wildman–Crippen LogP) is 1.96. The summed E-state index contributed by atoms with van der Waals surface area (Å²) in [6.07, 6.45) is 0.224. The molecule has 2 saturated heterocycles. The number of anilines is 2. The minimum atomic E-state index is -0.0516. The van der Waals surface area contributed by atoms with Crippen LogP contribution in [-0.4, -0.2) is 76.6 Å². The van der Waals surface area contributed by atoms with Crippen molar-refractivity contribution in [2.75, 3.05) is 49.2 Å². The fraction of sp³-hybridized carbons (Fsp3) is 0.500. The number of aromatic amines is 1. The highest BCUT2D eigenvalue weighted by molar-refractivity contribution is 5.87. The van der Waals surface area contributed by atoms with Gasteiger partial charge >= 0.3 is 0 Å². The van der Waals surface area contributed by atoms with Gasteiger partial charge in [-0.1, -0.05) is 24.3 Å². The lowest BCUT2D eigenvalue weighted by atomic mass is 10.1. The molecule has 0 saturated carbocycles. The Balaban J connectivity index is 1.62. The Hall–Kier alpha value is -2.75. The second-order valence-electron chi connectivity index (χ2n) is 8.21. The normalized spacial score (nSPS) is 22.3. The third-order valence-corrected chi connectivity index (χ3v) is 5.78. The summed E-state index contributed by atoms with van der Waals surface area (Å²) in [4.78, 5) is 22.4. The molecule has 9 heteroatoms. The second kappa shape index (κ2) is 8.41. The summed E-state index contributed by atoms with van der Waals surface area (Å²) >= 11 is 0. The molecule has 0 aliphatic carbocycles. The van der Waals surface area contributed by atoms with Crippen molar-refractivity contribution in [3.8, 4) is 11.4 Å². The van der Waals surface area contributed by atoms with E-state index in [0.29, 0.717) is 30.6 Å². The Bertz CT molecular complexity index is 1050. The van der Waals surface area contributed by atoms with E-state index in [0.717, 1.165) is 48.6 Å². The van der Waals surface area contributed by atoms with Gasteiger partial charge in [0.2, 0.25) is 5.95 Å². The van der Waals surface area contributed by atoms with Gasteiger partial charge in [0.1, 0.15) is 11.3 Å². The number of benzene rings is 1. The maximum atomic E-state index is 9.77. The van der Waals surface area contributed by atoms with Gasteiger partial charge < -0.3 is 29.4 Å². The van der Waals surface area contributed by atoms with Gasteiger partial charge in [-0.2, -0.15) is 9.97 Å². The van der Waals surface area contributed by atoms with E-state index in [1.165, 1.54) is 0 Å². The number of fused-ring (bicyclic) bond motifs is 1. The highest BCUT2D eigenvalue weighted by atomic mass is 16.5. The van der Waals surface area contributed by atoms with E-state index in [1.807, 2.05) is 24.3 Å². The number of H-pyrrole nitrogens is 1. The van der Waals surface area contributed by atoms with Crippen LogP contribution in [0.2, 0.25) is 0 Å². The maximum absolute atomic E-state index is 9.77. The second-order valence-corrected chi connectivity index (χ2v) is 8.21. The molecular weight excluding hydrogens is 396 g/mol. The van der Waals surface area contributed by atoms with Gasteiger partial charge in [0, 0.05) is 31.7 Å². The molecule has 5 rings (SSSR count). The number of hydrogen-bond acceptors (Lipinski definition) is 8. The van der Waals surface area contributed by atoms with E-state index < -0.39 is 0 Å². The number of nitrogens with zero attached hydrogens (tertiary/aromatic N) is 5. The molecule has 2 aliphatic rings. The van der Waals surface area contributed by atoms with Gasteiger partial charge in [0.15, 0.2) is 11.5 Å². The quantitative estimate of drug-likeness (QED) is 0.656. The highest BCUT2D eigenvalue weighted by Crippen LogP contribution is 2.30. The predicted molar refractivity (Wildman–Crippen MR) is 118 cm³/mol. The summed E-state index contributed by atoms with van der Waals surface area (Å²) < 4.78 is 11.4. The zero-order valence-corrected chi connectivity index (χ0v) is 17.9. The van der Waals surface area contributed by atoms with Crippen molar-refractivity contribution in [1.29, 1.82) is 0 Å². The SMILES string of the molecule is C[C@@H]1CN(c2nc(N3CCOCC3)c3[nH]c(-c4ccccc4CO)nc3n2)C[C@H](C)O1. The maximum Gasteiger partial charge on any atom is 0.229 e. The Labute approximate surface area is 181 Å². The smallest absolute Gasteiger partial charge is 0.229 e. The third kappa shape index (κ3) is 3.96. The lowest BCUT2D eigenvalue weighted by Crippen LogP contribution is -2.46. The Morgan fingerprint density at radius 3 is 2.52 bits per heavy atom. The van der Waals surface area contributed by atoms with Gasteiger partial charge in [-0.3, -0.25) is 0 Å². The molecule has 0 amide bonds. The molecule has 2 fully saturated rings. The molecule has 0 bridgehead atoms. The largest absolute Gasteiger partial charge is 0.392 e. The molecule has 2 aromatic heterocycles. The van der Waals surface area contributed by atoms with Gasteiger partial charge in [-0.25, -0.2) is 4.98 Å². The van der Waals surface area contributed by atoms with Crippen LogP contribution in [0.15, 0.2) is 24.3 Å². The van der Waals surface area contributed by atoms with Gasteiger partial charge in [0.25, 0.3) is 0 Å². The minimum Gasteiger partial charge on any atom is -0.392 e. The molecule has 2 N–H and O–H groups in total. The summed E-state index contributed by atoms with van der Waals surface area (Å²) in [6, 6.07) is 7.71. The third-order valence-electron chi connectivity index (χ3n) is 5.78. The molecule has 0 unspecified atom stereocenters. The summed E-state index contributed by atoms with van der Waals surface area (Å²) in [7, 11) is 0. The van der Waals surface area contributed by atoms with E-state index in [9.17, 15) is 5.11 Å². The van der Waals surface area contributed by atoms with E-state index >= 15 is 0 Å². The van der Waals surface area contributed by atoms with Crippen LogP contribution in [0.25, 0.3) is 22.6 Å². The van der Waals surface area contributed by atoms with Crippen molar-refractivity contribution >= 4 is 22.9 Å². The molecule has 0 radical (unpaired) electrons. The molecule has 9 nitrogen and oxygen atoms in total. The van der Waals surface area contributed by atoms with Crippen molar-refractivity contribution in [2.24, 2.45) is 0 Å². The van der Waals surface area contributed by atoms with Gasteiger partial charge in [-0.05, 0) is 19.4 Å². The molecule has 2 aliphatic heterocycles. The lowest BCUT2D eigenvalue weighted by molar-refractivity contribution is -0.00570. The summed E-state index contributed by atoms with van der Waals surface area (Å²) in [5.41, 5.74) is 3.12. The fourth-order valence-electron chi connectivity index (χ4n) is 4.37. The molecule has 3 aromatic rings. The van der Waals surface area contributed by atoms with Crippen molar-refractivity contribution in [2.45, 2.75) is 32.7 Å². The minimum absolute atomic E-state index is 0.0516. The van der Waals surface area contributed by atoms with E-state index in [1.54, 1.807) is 0 Å². The van der Waals surface area contributed by atoms with Crippen LogP contribution in [0.3, 0.4) is 0 Å². The number of imidazole rings is 1. The Morgan fingerprint density at radius 1 is 1.03 bits per heavy atom. The molecule has 31 heavy (non-hydrogen) atoms. The Morgan fingerprint density at radius 2 is 1.77 bits per heavy atom. The molecule has 164 valence electrons. The van der Waals surface area contributed by atoms with Crippen LogP contribution in [-0.2, 0) is 16.1 Å². The lowest BCUT2D eigenvalue weighted by Gasteiger charge is -2.36. The average Bonchev–Trinajstić information content (AvgIpc) is 3.22. The number of nitrogens with one attached hydrogen (secondary N) is 1. The van der Waals surface area contributed by atoms with E-state index in [-0.39, 0.29) is 18.8 Å².